The van der Waals surface area contributed by atoms with Crippen molar-refractivity contribution in [2.75, 3.05) is 0 Å². The van der Waals surface area contributed by atoms with Crippen molar-refractivity contribution in [3.8, 4) is 0 Å². The first kappa shape index (κ1) is 17.8. The summed E-state index contributed by atoms with van der Waals surface area (Å²) in [5.41, 5.74) is 0.647. The molecule has 3 aromatic rings. The number of hydrogen-bond acceptors (Lipinski definition) is 3. The lowest BCUT2D eigenvalue weighted by molar-refractivity contribution is 0.555. The number of aromatic nitrogens is 4. The lowest BCUT2D eigenvalue weighted by Crippen LogP contribution is -2.40. The van der Waals surface area contributed by atoms with E-state index in [9.17, 15) is 14.0 Å². The first-order valence-corrected chi connectivity index (χ1v) is 8.72. The van der Waals surface area contributed by atoms with Gasteiger partial charge >= 0.3 is 5.69 Å². The fourth-order valence-electron chi connectivity index (χ4n) is 2.89. The predicted octanol–water partition coefficient (Wildman–Crippen LogP) is 3.02. The number of aromatic amines is 1. The van der Waals surface area contributed by atoms with Gasteiger partial charge in [0.2, 0.25) is 0 Å². The van der Waals surface area contributed by atoms with Gasteiger partial charge in [0.25, 0.3) is 5.56 Å². The molecule has 136 valence electrons. The van der Waals surface area contributed by atoms with E-state index in [1.165, 1.54) is 21.3 Å². The van der Waals surface area contributed by atoms with Gasteiger partial charge in [-0.15, -0.1) is 0 Å². The Kier molecular flexibility index (Phi) is 5.16. The highest BCUT2D eigenvalue weighted by atomic mass is 19.1. The first-order chi connectivity index (χ1) is 12.5. The van der Waals surface area contributed by atoms with Gasteiger partial charge in [-0.3, -0.25) is 13.9 Å². The fraction of sp³-hybridized carbons (Fsp3) is 0.316. The zero-order chi connectivity index (χ0) is 18.7. The van der Waals surface area contributed by atoms with E-state index >= 15 is 0 Å². The van der Waals surface area contributed by atoms with Crippen LogP contribution in [0, 0.1) is 5.82 Å². The summed E-state index contributed by atoms with van der Waals surface area (Å²) < 4.78 is 16.0. The summed E-state index contributed by atoms with van der Waals surface area (Å²) in [5.74, 6) is 0.121. The molecule has 0 saturated carbocycles. The molecule has 0 aliphatic heterocycles. The van der Waals surface area contributed by atoms with Crippen LogP contribution in [0.4, 0.5) is 4.39 Å². The van der Waals surface area contributed by atoms with Crippen molar-refractivity contribution in [2.45, 2.75) is 39.8 Å². The summed E-state index contributed by atoms with van der Waals surface area (Å²) >= 11 is 0. The molecule has 3 rings (SSSR count). The molecule has 2 aromatic heterocycles. The SMILES string of the molecule is CCCn1c(=O)c2[nH]c(/C=C/c3cccc(F)c3)nc2n(CCC)c1=O. The second kappa shape index (κ2) is 7.51. The molecule has 1 N–H and O–H groups in total. The summed E-state index contributed by atoms with van der Waals surface area (Å²) in [7, 11) is 0. The maximum Gasteiger partial charge on any atom is 0.332 e. The van der Waals surface area contributed by atoms with E-state index in [1.54, 1.807) is 24.3 Å². The summed E-state index contributed by atoms with van der Waals surface area (Å²) in [6.45, 7) is 4.73. The van der Waals surface area contributed by atoms with E-state index in [1.807, 2.05) is 13.8 Å². The van der Waals surface area contributed by atoms with Crippen molar-refractivity contribution >= 4 is 23.3 Å². The molecular formula is C19H21FN4O2. The molecule has 6 nitrogen and oxygen atoms in total. The highest BCUT2D eigenvalue weighted by Gasteiger charge is 2.15. The monoisotopic (exact) mass is 356 g/mol. The zero-order valence-corrected chi connectivity index (χ0v) is 14.8. The number of rotatable bonds is 6. The third-order valence-electron chi connectivity index (χ3n) is 4.06. The third kappa shape index (κ3) is 3.37. The molecule has 0 saturated heterocycles. The molecule has 0 aliphatic rings. The highest BCUT2D eigenvalue weighted by Crippen LogP contribution is 2.11. The third-order valence-corrected chi connectivity index (χ3v) is 4.06. The van der Waals surface area contributed by atoms with Gasteiger partial charge in [0.05, 0.1) is 0 Å². The molecule has 0 aliphatic carbocycles. The van der Waals surface area contributed by atoms with Crippen LogP contribution in [0.1, 0.15) is 38.1 Å². The molecule has 0 spiro atoms. The molecule has 7 heteroatoms. The van der Waals surface area contributed by atoms with E-state index < -0.39 is 0 Å². The van der Waals surface area contributed by atoms with Crippen molar-refractivity contribution in [1.82, 2.24) is 19.1 Å². The molecule has 0 amide bonds. The Morgan fingerprint density at radius 3 is 2.54 bits per heavy atom. The van der Waals surface area contributed by atoms with Crippen LogP contribution in [0.15, 0.2) is 33.9 Å². The topological polar surface area (TPSA) is 72.7 Å². The van der Waals surface area contributed by atoms with Gasteiger partial charge in [-0.1, -0.05) is 32.1 Å². The van der Waals surface area contributed by atoms with Crippen molar-refractivity contribution < 1.29 is 4.39 Å². The van der Waals surface area contributed by atoms with Crippen LogP contribution in [-0.4, -0.2) is 19.1 Å². The first-order valence-electron chi connectivity index (χ1n) is 8.72. The fourth-order valence-corrected chi connectivity index (χ4v) is 2.89. The molecule has 0 unspecified atom stereocenters. The lowest BCUT2D eigenvalue weighted by Gasteiger charge is -2.09. The Balaban J connectivity index is 2.12. The van der Waals surface area contributed by atoms with Crippen molar-refractivity contribution in [3.05, 3.63) is 62.3 Å². The van der Waals surface area contributed by atoms with Crippen LogP contribution in [0.5, 0.6) is 0 Å². The smallest absolute Gasteiger partial charge is 0.332 e. The van der Waals surface area contributed by atoms with Crippen molar-refractivity contribution in [1.29, 1.82) is 0 Å². The quantitative estimate of drug-likeness (QED) is 0.738. The average molecular weight is 356 g/mol. The van der Waals surface area contributed by atoms with Gasteiger partial charge in [-0.05, 0) is 36.6 Å². The molecule has 0 radical (unpaired) electrons. The Bertz CT molecular complexity index is 1080. The minimum absolute atomic E-state index is 0.311. The number of H-pyrrole nitrogens is 1. The van der Waals surface area contributed by atoms with Crippen molar-refractivity contribution in [2.24, 2.45) is 0 Å². The Morgan fingerprint density at radius 2 is 1.85 bits per heavy atom. The standard InChI is InChI=1S/C19H21FN4O2/c1-3-10-23-17-16(18(25)24(11-4-2)19(23)26)21-15(22-17)9-8-13-6-5-7-14(20)12-13/h5-9,12H,3-4,10-11H2,1-2H3,(H,21,22)/b9-8+. The van der Waals surface area contributed by atoms with E-state index in [2.05, 4.69) is 9.97 Å². The van der Waals surface area contributed by atoms with E-state index in [4.69, 9.17) is 0 Å². The maximum absolute atomic E-state index is 13.3. The Hall–Kier alpha value is -2.96. The summed E-state index contributed by atoms with van der Waals surface area (Å²) in [5, 5.41) is 0. The Morgan fingerprint density at radius 1 is 1.12 bits per heavy atom. The molecule has 26 heavy (non-hydrogen) atoms. The second-order valence-electron chi connectivity index (χ2n) is 6.10. The largest absolute Gasteiger partial charge is 0.333 e. The van der Waals surface area contributed by atoms with Gasteiger partial charge in [0.15, 0.2) is 5.65 Å². The summed E-state index contributed by atoms with van der Waals surface area (Å²) in [6.07, 6.45) is 4.81. The molecule has 2 heterocycles. The molecule has 1 aromatic carbocycles. The van der Waals surface area contributed by atoms with Gasteiger partial charge in [-0.2, -0.15) is 0 Å². The lowest BCUT2D eigenvalue weighted by atomic mass is 10.2. The van der Waals surface area contributed by atoms with Gasteiger partial charge in [-0.25, -0.2) is 14.2 Å². The number of nitrogens with one attached hydrogen (secondary N) is 1. The summed E-state index contributed by atoms with van der Waals surface area (Å²) in [4.78, 5) is 32.6. The van der Waals surface area contributed by atoms with E-state index in [0.717, 1.165) is 6.42 Å². The molecule has 0 bridgehead atoms. The number of nitrogens with zero attached hydrogens (tertiary/aromatic N) is 3. The highest BCUT2D eigenvalue weighted by molar-refractivity contribution is 5.75. The number of fused-ring (bicyclic) bond motifs is 1. The minimum atomic E-state index is -0.364. The van der Waals surface area contributed by atoms with Crippen LogP contribution < -0.4 is 11.2 Å². The minimum Gasteiger partial charge on any atom is -0.333 e. The number of imidazole rings is 1. The van der Waals surface area contributed by atoms with Crippen LogP contribution >= 0.6 is 0 Å². The average Bonchev–Trinajstić information content (AvgIpc) is 3.05. The van der Waals surface area contributed by atoms with Crippen LogP contribution in [0.25, 0.3) is 23.3 Å². The van der Waals surface area contributed by atoms with Crippen LogP contribution in [0.3, 0.4) is 0 Å². The van der Waals surface area contributed by atoms with Crippen molar-refractivity contribution in [3.63, 3.8) is 0 Å². The van der Waals surface area contributed by atoms with E-state index in [-0.39, 0.29) is 17.1 Å². The zero-order valence-electron chi connectivity index (χ0n) is 14.8. The van der Waals surface area contributed by atoms with E-state index in [0.29, 0.717) is 42.1 Å². The summed E-state index contributed by atoms with van der Waals surface area (Å²) in [6, 6.07) is 6.16. The number of halogens is 1. The predicted molar refractivity (Wildman–Crippen MR) is 101 cm³/mol. The molecule has 0 atom stereocenters. The van der Waals surface area contributed by atoms with Gasteiger partial charge in [0, 0.05) is 13.1 Å². The second-order valence-corrected chi connectivity index (χ2v) is 6.10. The normalized spacial score (nSPS) is 11.7. The number of benzene rings is 1. The molecular weight excluding hydrogens is 335 g/mol. The number of aryl methyl sites for hydroxylation is 1. The van der Waals surface area contributed by atoms with Crippen LogP contribution in [0.2, 0.25) is 0 Å². The Labute approximate surface area is 149 Å². The maximum atomic E-state index is 13.3. The van der Waals surface area contributed by atoms with Gasteiger partial charge < -0.3 is 4.98 Å². The molecule has 0 fully saturated rings. The number of hydrogen-bond donors (Lipinski definition) is 1. The van der Waals surface area contributed by atoms with Crippen LogP contribution in [-0.2, 0) is 13.1 Å². The van der Waals surface area contributed by atoms with Gasteiger partial charge in [0.1, 0.15) is 17.2 Å².